The molecule has 1 heterocycles. The van der Waals surface area contributed by atoms with Gasteiger partial charge in [0.1, 0.15) is 6.04 Å². The first-order valence-corrected chi connectivity index (χ1v) is 6.27. The summed E-state index contributed by atoms with van der Waals surface area (Å²) in [5, 5.41) is 8.45. The van der Waals surface area contributed by atoms with Crippen molar-refractivity contribution in [2.24, 2.45) is 0 Å². The number of rotatable bonds is 3. The lowest BCUT2D eigenvalue weighted by molar-refractivity contribution is -0.123. The van der Waals surface area contributed by atoms with Gasteiger partial charge in [-0.2, -0.15) is 0 Å². The van der Waals surface area contributed by atoms with Crippen LogP contribution in [0.3, 0.4) is 0 Å². The Bertz CT molecular complexity index is 501. The molecule has 0 spiro atoms. The van der Waals surface area contributed by atoms with Crippen molar-refractivity contribution in [3.05, 3.63) is 23.8 Å². The number of anilines is 2. The van der Waals surface area contributed by atoms with E-state index in [2.05, 4.69) is 16.0 Å². The van der Waals surface area contributed by atoms with Crippen LogP contribution in [0.2, 0.25) is 0 Å². The fourth-order valence-corrected chi connectivity index (χ4v) is 2.06. The fraction of sp³-hybridized carbons (Fsp3) is 0.385. The van der Waals surface area contributed by atoms with Crippen molar-refractivity contribution < 1.29 is 9.59 Å². The highest BCUT2D eigenvalue weighted by Gasteiger charge is 2.22. The minimum absolute atomic E-state index is 0.0315. The molecule has 19 heavy (non-hydrogen) atoms. The Hall–Kier alpha value is -2.24. The van der Waals surface area contributed by atoms with Crippen molar-refractivity contribution in [2.45, 2.75) is 18.9 Å². The molecule has 1 aliphatic heterocycles. The Morgan fingerprint density at radius 2 is 2.26 bits per heavy atom. The third-order valence-electron chi connectivity index (χ3n) is 3.16. The summed E-state index contributed by atoms with van der Waals surface area (Å²) in [5.41, 5.74) is 7.51. The number of hydrogen-bond donors (Lipinski definition) is 4. The van der Waals surface area contributed by atoms with Crippen molar-refractivity contribution in [1.29, 1.82) is 0 Å². The highest BCUT2D eigenvalue weighted by molar-refractivity contribution is 5.96. The minimum Gasteiger partial charge on any atom is -0.397 e. The summed E-state index contributed by atoms with van der Waals surface area (Å²) in [6.07, 6.45) is 1.69. The van der Waals surface area contributed by atoms with E-state index in [0.29, 0.717) is 23.5 Å². The predicted molar refractivity (Wildman–Crippen MR) is 73.9 cm³/mol. The lowest BCUT2D eigenvalue weighted by Crippen LogP contribution is -2.44. The van der Waals surface area contributed by atoms with Gasteiger partial charge in [0.15, 0.2) is 0 Å². The topological polar surface area (TPSA) is 96.2 Å². The summed E-state index contributed by atoms with van der Waals surface area (Å²) in [6, 6.07) is 4.68. The predicted octanol–water partition coefficient (Wildman–Crippen LogP) is 0.319. The van der Waals surface area contributed by atoms with Crippen LogP contribution in [0, 0.1) is 0 Å². The third-order valence-corrected chi connectivity index (χ3v) is 3.16. The largest absolute Gasteiger partial charge is 0.397 e. The molecule has 5 N–H and O–H groups in total. The standard InChI is InChI=1S/C13H18N4O2/c1-15-12(18)8-4-5-9(14)11(7-8)17-10-3-2-6-16-13(10)19/h4-5,7,10,17H,2-3,6,14H2,1H3,(H,15,18)(H,16,19). The maximum atomic E-state index is 11.7. The van der Waals surface area contributed by atoms with E-state index in [-0.39, 0.29) is 17.9 Å². The number of nitrogens with two attached hydrogens (primary N) is 1. The number of nitrogens with one attached hydrogen (secondary N) is 3. The molecule has 6 heteroatoms. The summed E-state index contributed by atoms with van der Waals surface area (Å²) in [7, 11) is 1.57. The Kier molecular flexibility index (Phi) is 3.89. The monoisotopic (exact) mass is 262 g/mol. The number of piperidine rings is 1. The van der Waals surface area contributed by atoms with Gasteiger partial charge in [-0.25, -0.2) is 0 Å². The zero-order valence-corrected chi connectivity index (χ0v) is 10.8. The first-order chi connectivity index (χ1) is 9.11. The number of amides is 2. The molecule has 1 saturated heterocycles. The lowest BCUT2D eigenvalue weighted by atomic mass is 10.1. The van der Waals surface area contributed by atoms with Crippen LogP contribution in [0.4, 0.5) is 11.4 Å². The van der Waals surface area contributed by atoms with Crippen LogP contribution < -0.4 is 21.7 Å². The van der Waals surface area contributed by atoms with Crippen LogP contribution in [0.15, 0.2) is 18.2 Å². The van der Waals surface area contributed by atoms with Crippen LogP contribution in [-0.2, 0) is 4.79 Å². The molecule has 2 amide bonds. The molecule has 0 bridgehead atoms. The lowest BCUT2D eigenvalue weighted by Gasteiger charge is -2.24. The second kappa shape index (κ2) is 5.60. The second-order valence-corrected chi connectivity index (χ2v) is 4.51. The molecular weight excluding hydrogens is 244 g/mol. The molecule has 0 aliphatic carbocycles. The van der Waals surface area contributed by atoms with E-state index in [1.165, 1.54) is 0 Å². The highest BCUT2D eigenvalue weighted by atomic mass is 16.2. The van der Waals surface area contributed by atoms with Crippen LogP contribution in [0.5, 0.6) is 0 Å². The third kappa shape index (κ3) is 2.96. The van der Waals surface area contributed by atoms with Gasteiger partial charge in [0.2, 0.25) is 5.91 Å². The van der Waals surface area contributed by atoms with Gasteiger partial charge in [-0.3, -0.25) is 9.59 Å². The van der Waals surface area contributed by atoms with E-state index in [9.17, 15) is 9.59 Å². The van der Waals surface area contributed by atoms with E-state index < -0.39 is 0 Å². The smallest absolute Gasteiger partial charge is 0.251 e. The van der Waals surface area contributed by atoms with Gasteiger partial charge in [-0.05, 0) is 31.0 Å². The Morgan fingerprint density at radius 1 is 1.47 bits per heavy atom. The van der Waals surface area contributed by atoms with Crippen molar-refractivity contribution >= 4 is 23.2 Å². The van der Waals surface area contributed by atoms with Gasteiger partial charge in [0.05, 0.1) is 11.4 Å². The van der Waals surface area contributed by atoms with E-state index in [4.69, 9.17) is 5.73 Å². The number of hydrogen-bond acceptors (Lipinski definition) is 4. The van der Waals surface area contributed by atoms with E-state index in [1.54, 1.807) is 25.2 Å². The first-order valence-electron chi connectivity index (χ1n) is 6.27. The van der Waals surface area contributed by atoms with Gasteiger partial charge < -0.3 is 21.7 Å². The molecule has 102 valence electrons. The average molecular weight is 262 g/mol. The van der Waals surface area contributed by atoms with Crippen LogP contribution in [0.1, 0.15) is 23.2 Å². The normalized spacial score (nSPS) is 18.6. The number of nitrogen functional groups attached to an aromatic ring is 1. The molecule has 1 unspecified atom stereocenters. The molecule has 6 nitrogen and oxygen atoms in total. The molecule has 1 aliphatic rings. The van der Waals surface area contributed by atoms with Gasteiger partial charge in [-0.1, -0.05) is 0 Å². The first kappa shape index (κ1) is 13.2. The molecule has 0 aromatic heterocycles. The van der Waals surface area contributed by atoms with Crippen LogP contribution >= 0.6 is 0 Å². The highest BCUT2D eigenvalue weighted by Crippen LogP contribution is 2.22. The fourth-order valence-electron chi connectivity index (χ4n) is 2.06. The maximum Gasteiger partial charge on any atom is 0.251 e. The summed E-state index contributed by atoms with van der Waals surface area (Å²) in [5.74, 6) is -0.216. The second-order valence-electron chi connectivity index (χ2n) is 4.51. The number of benzene rings is 1. The zero-order chi connectivity index (χ0) is 13.8. The van der Waals surface area contributed by atoms with Crippen molar-refractivity contribution in [1.82, 2.24) is 10.6 Å². The molecule has 0 saturated carbocycles. The Morgan fingerprint density at radius 3 is 2.95 bits per heavy atom. The number of carbonyl (C=O) groups excluding carboxylic acids is 2. The molecule has 1 atom stereocenters. The van der Waals surface area contributed by atoms with Crippen molar-refractivity contribution in [2.75, 3.05) is 24.6 Å². The summed E-state index contributed by atoms with van der Waals surface area (Å²) >= 11 is 0. The van der Waals surface area contributed by atoms with E-state index in [0.717, 1.165) is 12.8 Å². The van der Waals surface area contributed by atoms with Crippen molar-refractivity contribution in [3.8, 4) is 0 Å². The minimum atomic E-state index is -0.295. The van der Waals surface area contributed by atoms with Crippen LogP contribution in [0.25, 0.3) is 0 Å². The van der Waals surface area contributed by atoms with Crippen LogP contribution in [-0.4, -0.2) is 31.4 Å². The molecule has 1 fully saturated rings. The maximum absolute atomic E-state index is 11.7. The van der Waals surface area contributed by atoms with E-state index in [1.807, 2.05) is 0 Å². The quantitative estimate of drug-likeness (QED) is 0.590. The summed E-state index contributed by atoms with van der Waals surface area (Å²) < 4.78 is 0. The van der Waals surface area contributed by atoms with Gasteiger partial charge in [-0.15, -0.1) is 0 Å². The Labute approximate surface area is 111 Å². The Balaban J connectivity index is 2.18. The molecule has 1 aromatic carbocycles. The summed E-state index contributed by atoms with van der Waals surface area (Å²) in [6.45, 7) is 0.713. The van der Waals surface area contributed by atoms with Gasteiger partial charge in [0, 0.05) is 19.2 Å². The molecular formula is C13H18N4O2. The molecule has 0 radical (unpaired) electrons. The SMILES string of the molecule is CNC(=O)c1ccc(N)c(NC2CCCNC2=O)c1. The summed E-state index contributed by atoms with van der Waals surface area (Å²) in [4.78, 5) is 23.3. The molecule has 1 aromatic rings. The van der Waals surface area contributed by atoms with Gasteiger partial charge >= 0.3 is 0 Å². The van der Waals surface area contributed by atoms with Gasteiger partial charge in [0.25, 0.3) is 5.91 Å². The average Bonchev–Trinajstić information content (AvgIpc) is 2.42. The zero-order valence-electron chi connectivity index (χ0n) is 10.8. The van der Waals surface area contributed by atoms with E-state index >= 15 is 0 Å². The van der Waals surface area contributed by atoms with Crippen molar-refractivity contribution in [3.63, 3.8) is 0 Å². The molecule has 2 rings (SSSR count). The number of carbonyl (C=O) groups is 2.